The van der Waals surface area contributed by atoms with E-state index in [2.05, 4.69) is 20.2 Å². The van der Waals surface area contributed by atoms with Crippen LogP contribution in [0.25, 0.3) is 16.9 Å². The van der Waals surface area contributed by atoms with E-state index < -0.39 is 5.91 Å². The van der Waals surface area contributed by atoms with Crippen molar-refractivity contribution in [3.8, 4) is 11.3 Å². The number of amides is 1. The van der Waals surface area contributed by atoms with E-state index in [0.29, 0.717) is 12.2 Å². The Hall–Kier alpha value is -3.55. The number of nitrogens with two attached hydrogens (primary N) is 1. The molecule has 1 amide bonds. The highest BCUT2D eigenvalue weighted by Crippen LogP contribution is 2.21. The van der Waals surface area contributed by atoms with E-state index >= 15 is 0 Å². The van der Waals surface area contributed by atoms with Gasteiger partial charge in [0.05, 0.1) is 11.9 Å². The summed E-state index contributed by atoms with van der Waals surface area (Å²) < 4.78 is 6.52. The quantitative estimate of drug-likeness (QED) is 0.609. The third kappa shape index (κ3) is 2.60. The van der Waals surface area contributed by atoms with Gasteiger partial charge in [0.1, 0.15) is 0 Å². The Balaban J connectivity index is 1.64. The van der Waals surface area contributed by atoms with Crippen LogP contribution >= 0.6 is 0 Å². The molecule has 3 heterocycles. The minimum absolute atomic E-state index is 0.187. The molecule has 8 nitrogen and oxygen atoms in total. The molecule has 0 saturated carbocycles. The van der Waals surface area contributed by atoms with Gasteiger partial charge in [-0.2, -0.15) is 10.1 Å². The van der Waals surface area contributed by atoms with Gasteiger partial charge < -0.3 is 10.3 Å². The average molecular weight is 320 g/mol. The Morgan fingerprint density at radius 3 is 2.92 bits per heavy atom. The molecule has 0 aliphatic rings. The highest BCUT2D eigenvalue weighted by Gasteiger charge is 2.12. The molecule has 0 fully saturated rings. The molecule has 24 heavy (non-hydrogen) atoms. The first-order valence-corrected chi connectivity index (χ1v) is 7.21. The zero-order valence-electron chi connectivity index (χ0n) is 12.5. The first kappa shape index (κ1) is 14.1. The van der Waals surface area contributed by atoms with E-state index in [1.165, 1.54) is 0 Å². The summed E-state index contributed by atoms with van der Waals surface area (Å²) in [7, 11) is 0. The number of rotatable bonds is 4. The van der Waals surface area contributed by atoms with Crippen molar-refractivity contribution in [2.45, 2.75) is 6.42 Å². The summed E-state index contributed by atoms with van der Waals surface area (Å²) >= 11 is 0. The number of hydrogen-bond donors (Lipinski definition) is 1. The van der Waals surface area contributed by atoms with Crippen LogP contribution in [0.15, 0.2) is 53.3 Å². The van der Waals surface area contributed by atoms with Gasteiger partial charge in [-0.15, -0.1) is 0 Å². The molecule has 2 N–H and O–H groups in total. The molecule has 0 bridgehead atoms. The highest BCUT2D eigenvalue weighted by atomic mass is 16.5. The van der Waals surface area contributed by atoms with Crippen LogP contribution in [0, 0.1) is 0 Å². The van der Waals surface area contributed by atoms with E-state index in [-0.39, 0.29) is 5.89 Å². The number of hydrogen-bond acceptors (Lipinski definition) is 6. The van der Waals surface area contributed by atoms with Gasteiger partial charge in [0.2, 0.25) is 0 Å². The Morgan fingerprint density at radius 1 is 1.21 bits per heavy atom. The van der Waals surface area contributed by atoms with Crippen LogP contribution in [-0.4, -0.2) is 30.6 Å². The minimum Gasteiger partial charge on any atom is -0.361 e. The predicted octanol–water partition coefficient (Wildman–Crippen LogP) is 1.47. The van der Waals surface area contributed by atoms with Crippen molar-refractivity contribution in [2.75, 3.05) is 0 Å². The SMILES string of the molecule is NC(=O)c1nc(Cc2cccc(-c3cn4ncccc4n3)c2)no1. The smallest absolute Gasteiger partial charge is 0.315 e. The molecule has 3 aromatic heterocycles. The molecule has 8 heteroatoms. The lowest BCUT2D eigenvalue weighted by atomic mass is 10.1. The lowest BCUT2D eigenvalue weighted by Crippen LogP contribution is -2.11. The highest BCUT2D eigenvalue weighted by molar-refractivity contribution is 5.87. The normalized spacial score (nSPS) is 11.0. The van der Waals surface area contributed by atoms with Gasteiger partial charge in [-0.05, 0) is 23.8 Å². The molecule has 0 unspecified atom stereocenters. The fourth-order valence-corrected chi connectivity index (χ4v) is 2.42. The van der Waals surface area contributed by atoms with Crippen LogP contribution in [0.2, 0.25) is 0 Å². The molecule has 0 aliphatic carbocycles. The van der Waals surface area contributed by atoms with Crippen molar-refractivity contribution in [3.63, 3.8) is 0 Å². The Kier molecular flexibility index (Phi) is 3.27. The maximum absolute atomic E-state index is 11.0. The van der Waals surface area contributed by atoms with Crippen LogP contribution < -0.4 is 5.73 Å². The molecular weight excluding hydrogens is 308 g/mol. The summed E-state index contributed by atoms with van der Waals surface area (Å²) in [5.74, 6) is -0.523. The lowest BCUT2D eigenvalue weighted by Gasteiger charge is -2.00. The second-order valence-electron chi connectivity index (χ2n) is 5.21. The second-order valence-corrected chi connectivity index (χ2v) is 5.21. The fraction of sp³-hybridized carbons (Fsp3) is 0.0625. The van der Waals surface area contributed by atoms with Crippen molar-refractivity contribution in [1.29, 1.82) is 0 Å². The maximum Gasteiger partial charge on any atom is 0.315 e. The number of aromatic nitrogens is 5. The number of nitrogens with zero attached hydrogens (tertiary/aromatic N) is 5. The number of carbonyl (C=O) groups is 1. The molecule has 0 radical (unpaired) electrons. The van der Waals surface area contributed by atoms with Gasteiger partial charge in [0, 0.05) is 18.2 Å². The van der Waals surface area contributed by atoms with E-state index in [9.17, 15) is 4.79 Å². The van der Waals surface area contributed by atoms with Crippen molar-refractivity contribution >= 4 is 11.6 Å². The van der Waals surface area contributed by atoms with Gasteiger partial charge in [-0.3, -0.25) is 4.79 Å². The molecule has 0 saturated heterocycles. The molecule has 0 spiro atoms. The first-order valence-electron chi connectivity index (χ1n) is 7.21. The topological polar surface area (TPSA) is 112 Å². The van der Waals surface area contributed by atoms with Gasteiger partial charge in [0.15, 0.2) is 11.5 Å². The van der Waals surface area contributed by atoms with E-state index in [0.717, 1.165) is 22.5 Å². The summed E-state index contributed by atoms with van der Waals surface area (Å²) in [6.07, 6.45) is 4.01. The Labute approximate surface area is 135 Å². The molecule has 4 aromatic rings. The van der Waals surface area contributed by atoms with Gasteiger partial charge in [-0.1, -0.05) is 23.4 Å². The summed E-state index contributed by atoms with van der Waals surface area (Å²) in [5, 5.41) is 7.97. The largest absolute Gasteiger partial charge is 0.361 e. The zero-order chi connectivity index (χ0) is 16.5. The lowest BCUT2D eigenvalue weighted by molar-refractivity contribution is 0.0958. The average Bonchev–Trinajstić information content (AvgIpc) is 3.21. The van der Waals surface area contributed by atoms with Crippen molar-refractivity contribution < 1.29 is 9.32 Å². The van der Waals surface area contributed by atoms with E-state index in [1.54, 1.807) is 10.7 Å². The molecule has 118 valence electrons. The van der Waals surface area contributed by atoms with Gasteiger partial charge in [0.25, 0.3) is 0 Å². The van der Waals surface area contributed by atoms with Crippen LogP contribution in [0.5, 0.6) is 0 Å². The monoisotopic (exact) mass is 320 g/mol. The summed E-state index contributed by atoms with van der Waals surface area (Å²) in [4.78, 5) is 19.5. The summed E-state index contributed by atoms with van der Waals surface area (Å²) in [5.41, 5.74) is 8.63. The van der Waals surface area contributed by atoms with Crippen LogP contribution in [-0.2, 0) is 6.42 Å². The molecule has 0 atom stereocenters. The zero-order valence-corrected chi connectivity index (χ0v) is 12.5. The third-order valence-corrected chi connectivity index (χ3v) is 3.50. The predicted molar refractivity (Wildman–Crippen MR) is 84.0 cm³/mol. The minimum atomic E-state index is -0.736. The number of imidazole rings is 1. The van der Waals surface area contributed by atoms with Crippen molar-refractivity contribution in [1.82, 2.24) is 24.7 Å². The van der Waals surface area contributed by atoms with E-state index in [1.807, 2.05) is 42.6 Å². The van der Waals surface area contributed by atoms with Gasteiger partial charge in [-0.25, -0.2) is 9.50 Å². The Morgan fingerprint density at radius 2 is 2.12 bits per heavy atom. The standard InChI is InChI=1S/C16H12N6O2/c17-15(23)16-20-13(21-24-16)8-10-3-1-4-11(7-10)12-9-22-14(19-12)5-2-6-18-22/h1-7,9H,8H2,(H2,17,23). The molecule has 4 rings (SSSR count). The second kappa shape index (κ2) is 5.58. The molecule has 1 aromatic carbocycles. The van der Waals surface area contributed by atoms with Crippen molar-refractivity contribution in [2.24, 2.45) is 5.73 Å². The van der Waals surface area contributed by atoms with Gasteiger partial charge >= 0.3 is 11.8 Å². The fourth-order valence-electron chi connectivity index (χ4n) is 2.42. The number of fused-ring (bicyclic) bond motifs is 1. The Bertz CT molecular complexity index is 1000. The number of primary amides is 1. The third-order valence-electron chi connectivity index (χ3n) is 3.50. The maximum atomic E-state index is 11.0. The summed E-state index contributed by atoms with van der Waals surface area (Å²) in [6.45, 7) is 0. The first-order chi connectivity index (χ1) is 11.7. The number of carbonyl (C=O) groups excluding carboxylic acids is 1. The van der Waals surface area contributed by atoms with Crippen LogP contribution in [0.1, 0.15) is 22.1 Å². The van der Waals surface area contributed by atoms with Crippen LogP contribution in [0.4, 0.5) is 0 Å². The van der Waals surface area contributed by atoms with Crippen molar-refractivity contribution in [3.05, 3.63) is 66.1 Å². The molecular formula is C16H12N6O2. The van der Waals surface area contributed by atoms with Crippen LogP contribution in [0.3, 0.4) is 0 Å². The van der Waals surface area contributed by atoms with E-state index in [4.69, 9.17) is 10.3 Å². The molecule has 0 aliphatic heterocycles. The number of benzene rings is 1. The summed E-state index contributed by atoms with van der Waals surface area (Å²) in [6, 6.07) is 11.6.